The van der Waals surface area contributed by atoms with Crippen LogP contribution in [0, 0.1) is 13.8 Å². The Hall–Kier alpha value is -2.81. The molecule has 0 aromatic carbocycles. The summed E-state index contributed by atoms with van der Waals surface area (Å²) in [6, 6.07) is 1.91. The van der Waals surface area contributed by atoms with Gasteiger partial charge >= 0.3 is 5.97 Å². The average molecular weight is 414 g/mol. The summed E-state index contributed by atoms with van der Waals surface area (Å²) in [6.07, 6.45) is 5.06. The maximum Gasteiger partial charge on any atom is 0.341 e. The highest BCUT2D eigenvalue weighted by Gasteiger charge is 2.26. The van der Waals surface area contributed by atoms with Crippen LogP contribution >= 0.6 is 11.3 Å². The van der Waals surface area contributed by atoms with Gasteiger partial charge in [0.2, 0.25) is 5.91 Å². The molecule has 1 aliphatic rings. The van der Waals surface area contributed by atoms with E-state index in [0.717, 1.165) is 49.1 Å². The van der Waals surface area contributed by atoms with Gasteiger partial charge in [-0.15, -0.1) is 16.4 Å². The highest BCUT2D eigenvalue weighted by Crippen LogP contribution is 2.38. The highest BCUT2D eigenvalue weighted by atomic mass is 32.1. The van der Waals surface area contributed by atoms with Crippen LogP contribution in [0.5, 0.6) is 0 Å². The van der Waals surface area contributed by atoms with E-state index in [4.69, 9.17) is 4.74 Å². The van der Waals surface area contributed by atoms with Gasteiger partial charge in [-0.25, -0.2) is 14.3 Å². The van der Waals surface area contributed by atoms with E-state index in [0.29, 0.717) is 22.2 Å². The topological polar surface area (TPSA) is 98.5 Å². The molecule has 1 amide bonds. The smallest absolute Gasteiger partial charge is 0.341 e. The first-order chi connectivity index (χ1) is 14.0. The molecule has 0 atom stereocenters. The maximum absolute atomic E-state index is 12.7. The number of fused-ring (bicyclic) bond motifs is 2. The number of thiophene rings is 1. The van der Waals surface area contributed by atoms with E-state index in [1.807, 2.05) is 19.9 Å². The molecule has 3 aromatic heterocycles. The fourth-order valence-corrected chi connectivity index (χ4v) is 5.04. The van der Waals surface area contributed by atoms with Crippen molar-refractivity contribution in [1.82, 2.24) is 19.6 Å². The van der Waals surface area contributed by atoms with Crippen molar-refractivity contribution in [1.29, 1.82) is 0 Å². The Morgan fingerprint density at radius 2 is 2.00 bits per heavy atom. The van der Waals surface area contributed by atoms with E-state index in [-0.39, 0.29) is 12.3 Å². The molecular weight excluding hydrogens is 390 g/mol. The lowest BCUT2D eigenvalue weighted by atomic mass is 10.1. The van der Waals surface area contributed by atoms with Crippen LogP contribution in [0.15, 0.2) is 6.07 Å². The van der Waals surface area contributed by atoms with Gasteiger partial charge in [-0.3, -0.25) is 4.79 Å². The monoisotopic (exact) mass is 413 g/mol. The Morgan fingerprint density at radius 1 is 1.21 bits per heavy atom. The number of rotatable bonds is 4. The van der Waals surface area contributed by atoms with E-state index in [2.05, 4.69) is 20.4 Å². The van der Waals surface area contributed by atoms with Gasteiger partial charge in [-0.2, -0.15) is 4.98 Å². The van der Waals surface area contributed by atoms with Crippen molar-refractivity contribution in [3.63, 3.8) is 0 Å². The van der Waals surface area contributed by atoms with E-state index >= 15 is 0 Å². The van der Waals surface area contributed by atoms with Crippen LogP contribution in [0.2, 0.25) is 0 Å². The molecule has 0 fully saturated rings. The number of hydrogen-bond donors (Lipinski definition) is 1. The zero-order chi connectivity index (χ0) is 20.5. The molecular formula is C20H23N5O3S. The second-order valence-corrected chi connectivity index (χ2v) is 8.37. The fourth-order valence-electron chi connectivity index (χ4n) is 3.75. The number of nitrogens with zero attached hydrogens (tertiary/aromatic N) is 4. The van der Waals surface area contributed by atoms with Crippen molar-refractivity contribution in [2.24, 2.45) is 0 Å². The standard InChI is InChI=1S/C20H23N5O3S/c1-11-9-12(2)25-20(21-11)22-15(24-25)10-16(26)23-18-17(19(27)28-3)13-7-5-4-6-8-14(13)29-18/h9H,4-8,10H2,1-3H3,(H,23,26). The Labute approximate surface area is 172 Å². The van der Waals surface area contributed by atoms with Crippen molar-refractivity contribution in [2.75, 3.05) is 12.4 Å². The largest absolute Gasteiger partial charge is 0.465 e. The zero-order valence-corrected chi connectivity index (χ0v) is 17.6. The van der Waals surface area contributed by atoms with Gasteiger partial charge < -0.3 is 10.1 Å². The summed E-state index contributed by atoms with van der Waals surface area (Å²) >= 11 is 1.48. The first-order valence-corrected chi connectivity index (χ1v) is 10.5. The van der Waals surface area contributed by atoms with Crippen molar-refractivity contribution in [2.45, 2.75) is 52.4 Å². The van der Waals surface area contributed by atoms with Crippen LogP contribution in [-0.4, -0.2) is 38.6 Å². The molecule has 0 bridgehead atoms. The summed E-state index contributed by atoms with van der Waals surface area (Å²) in [5, 5.41) is 7.83. The predicted octanol–water partition coefficient (Wildman–Crippen LogP) is 3.04. The normalized spacial score (nSPS) is 13.8. The van der Waals surface area contributed by atoms with E-state index in [1.54, 1.807) is 4.52 Å². The number of anilines is 1. The number of esters is 1. The number of aromatic nitrogens is 4. The summed E-state index contributed by atoms with van der Waals surface area (Å²) in [5.74, 6) is 0.197. The van der Waals surface area contributed by atoms with Gasteiger partial charge in [0.1, 0.15) is 5.00 Å². The highest BCUT2D eigenvalue weighted by molar-refractivity contribution is 7.17. The molecule has 0 unspecified atom stereocenters. The van der Waals surface area contributed by atoms with Gasteiger partial charge in [0.15, 0.2) is 5.82 Å². The van der Waals surface area contributed by atoms with Crippen LogP contribution < -0.4 is 5.32 Å². The molecule has 29 heavy (non-hydrogen) atoms. The van der Waals surface area contributed by atoms with Gasteiger partial charge in [-0.1, -0.05) is 6.42 Å². The summed E-state index contributed by atoms with van der Waals surface area (Å²) in [7, 11) is 1.37. The first-order valence-electron chi connectivity index (χ1n) is 9.69. The average Bonchev–Trinajstić information content (AvgIpc) is 3.13. The molecule has 0 saturated heterocycles. The second-order valence-electron chi connectivity index (χ2n) is 7.26. The molecule has 3 heterocycles. The minimum atomic E-state index is -0.402. The van der Waals surface area contributed by atoms with Crippen LogP contribution in [0.25, 0.3) is 5.78 Å². The molecule has 1 aliphatic carbocycles. The summed E-state index contributed by atoms with van der Waals surface area (Å²) in [5.41, 5.74) is 3.28. The van der Waals surface area contributed by atoms with E-state index in [9.17, 15) is 9.59 Å². The predicted molar refractivity (Wildman–Crippen MR) is 110 cm³/mol. The lowest BCUT2D eigenvalue weighted by Gasteiger charge is -2.06. The number of ether oxygens (including phenoxy) is 1. The second kappa shape index (κ2) is 7.90. The maximum atomic E-state index is 12.7. The molecule has 3 aromatic rings. The zero-order valence-electron chi connectivity index (χ0n) is 16.7. The molecule has 0 spiro atoms. The van der Waals surface area contributed by atoms with Crippen LogP contribution in [0.3, 0.4) is 0 Å². The third-order valence-corrected chi connectivity index (χ3v) is 6.25. The van der Waals surface area contributed by atoms with Crippen LogP contribution in [0.4, 0.5) is 5.00 Å². The summed E-state index contributed by atoms with van der Waals surface area (Å²) in [4.78, 5) is 35.0. The number of methoxy groups -OCH3 is 1. The number of aryl methyl sites for hydroxylation is 3. The fraction of sp³-hybridized carbons (Fsp3) is 0.450. The number of carbonyl (C=O) groups excluding carboxylic acids is 2. The Kier molecular flexibility index (Phi) is 5.31. The Bertz CT molecular complexity index is 1100. The lowest BCUT2D eigenvalue weighted by molar-refractivity contribution is -0.115. The molecule has 1 N–H and O–H groups in total. The molecule has 0 radical (unpaired) electrons. The molecule has 0 saturated carbocycles. The first kappa shape index (κ1) is 19.5. The Balaban J connectivity index is 1.58. The summed E-state index contributed by atoms with van der Waals surface area (Å²) in [6.45, 7) is 3.81. The molecule has 8 nitrogen and oxygen atoms in total. The van der Waals surface area contributed by atoms with Crippen molar-refractivity contribution < 1.29 is 14.3 Å². The van der Waals surface area contributed by atoms with Crippen molar-refractivity contribution in [3.05, 3.63) is 39.3 Å². The third kappa shape index (κ3) is 3.87. The number of carbonyl (C=O) groups is 2. The SMILES string of the molecule is COC(=O)c1c(NC(=O)Cc2nc3nc(C)cc(C)n3n2)sc2c1CCCCC2. The molecule has 152 valence electrons. The lowest BCUT2D eigenvalue weighted by Crippen LogP contribution is -2.17. The van der Waals surface area contributed by atoms with Crippen LogP contribution in [0.1, 0.15) is 57.3 Å². The van der Waals surface area contributed by atoms with Gasteiger partial charge in [0.25, 0.3) is 5.78 Å². The Morgan fingerprint density at radius 3 is 2.79 bits per heavy atom. The number of nitrogens with one attached hydrogen (secondary N) is 1. The summed E-state index contributed by atoms with van der Waals surface area (Å²) < 4.78 is 6.61. The van der Waals surface area contributed by atoms with Crippen molar-refractivity contribution in [3.8, 4) is 0 Å². The van der Waals surface area contributed by atoms with Gasteiger partial charge in [0, 0.05) is 16.3 Å². The minimum absolute atomic E-state index is 0.00499. The van der Waals surface area contributed by atoms with Gasteiger partial charge in [-0.05, 0) is 51.2 Å². The third-order valence-electron chi connectivity index (χ3n) is 5.04. The minimum Gasteiger partial charge on any atom is -0.465 e. The van der Waals surface area contributed by atoms with Crippen LogP contribution in [-0.2, 0) is 28.8 Å². The molecule has 0 aliphatic heterocycles. The van der Waals surface area contributed by atoms with E-state index < -0.39 is 5.97 Å². The number of amides is 1. The molecule has 4 rings (SSSR count). The van der Waals surface area contributed by atoms with Gasteiger partial charge in [0.05, 0.1) is 19.1 Å². The molecule has 9 heteroatoms. The number of hydrogen-bond acceptors (Lipinski definition) is 7. The van der Waals surface area contributed by atoms with E-state index in [1.165, 1.54) is 23.3 Å². The quantitative estimate of drug-likeness (QED) is 0.521. The van der Waals surface area contributed by atoms with Crippen molar-refractivity contribution >= 4 is 34.0 Å².